The Kier molecular flexibility index (Phi) is 7.21. The molecule has 0 N–H and O–H groups in total. The number of halogens is 6. The number of aromatic nitrogens is 2. The largest absolute Gasteiger partial charge is 0.418 e. The van der Waals surface area contributed by atoms with Crippen LogP contribution in [-0.4, -0.2) is 9.13 Å². The standard InChI is InChI=1S/C43H32F6N2/c1-23-9-13-35-29(17-23)30-18-24(2)10-14-36(30)50(35)39-22-28(40-27(5)7-6-8-33(40)42(44,45)46)21-34(43(47,48)49)41(39)51-37-15-11-25(3)19-31(37)32-20-26(4)12-16-38(32)51/h6-22H,1-5H3. The van der Waals surface area contributed by atoms with Crippen LogP contribution in [0.4, 0.5) is 26.3 Å². The molecule has 0 unspecified atom stereocenters. The Balaban J connectivity index is 1.65. The van der Waals surface area contributed by atoms with Gasteiger partial charge in [0, 0.05) is 21.5 Å². The van der Waals surface area contributed by atoms with Crippen molar-refractivity contribution in [2.45, 2.75) is 47.0 Å². The van der Waals surface area contributed by atoms with Crippen molar-refractivity contribution in [3.63, 3.8) is 0 Å². The SMILES string of the molecule is Cc1ccc2c(c1)c1cc(C)ccc1n2-c1cc(-c2c(C)cccc2C(F)(F)F)cc(C(F)(F)F)c1-n1c2ccc(C)cc2c2cc(C)ccc21. The Bertz CT molecular complexity index is 2600. The first-order chi connectivity index (χ1) is 24.1. The predicted octanol–water partition coefficient (Wildman–Crippen LogP) is 13.1. The number of rotatable bonds is 3. The van der Waals surface area contributed by atoms with Gasteiger partial charge in [-0.2, -0.15) is 26.3 Å². The second-order valence-electron chi connectivity index (χ2n) is 13.6. The van der Waals surface area contributed by atoms with Gasteiger partial charge in [-0.25, -0.2) is 0 Å². The number of nitrogens with zero attached hydrogens (tertiary/aromatic N) is 2. The van der Waals surface area contributed by atoms with Crippen LogP contribution in [0.15, 0.2) is 103 Å². The van der Waals surface area contributed by atoms with E-state index in [2.05, 4.69) is 0 Å². The Morgan fingerprint density at radius 1 is 0.431 bits per heavy atom. The summed E-state index contributed by atoms with van der Waals surface area (Å²) in [7, 11) is 0. The molecule has 51 heavy (non-hydrogen) atoms. The maximum atomic E-state index is 15.8. The summed E-state index contributed by atoms with van der Waals surface area (Å²) in [5.41, 5.74) is 3.89. The van der Waals surface area contributed by atoms with Gasteiger partial charge in [-0.05, 0) is 118 Å². The highest BCUT2D eigenvalue weighted by molar-refractivity contribution is 6.12. The Morgan fingerprint density at radius 2 is 0.843 bits per heavy atom. The minimum atomic E-state index is -4.95. The zero-order chi connectivity index (χ0) is 36.1. The number of hydrogen-bond donors (Lipinski definition) is 0. The number of alkyl halides is 6. The molecule has 0 bridgehead atoms. The van der Waals surface area contributed by atoms with Crippen molar-refractivity contribution in [1.29, 1.82) is 0 Å². The van der Waals surface area contributed by atoms with Gasteiger partial charge < -0.3 is 9.13 Å². The Labute approximate surface area is 290 Å². The highest BCUT2D eigenvalue weighted by Gasteiger charge is 2.40. The van der Waals surface area contributed by atoms with Crippen LogP contribution < -0.4 is 0 Å². The fourth-order valence-electron chi connectivity index (χ4n) is 7.67. The molecule has 2 nitrogen and oxygen atoms in total. The number of aryl methyl sites for hydroxylation is 5. The van der Waals surface area contributed by atoms with Crippen LogP contribution >= 0.6 is 0 Å². The van der Waals surface area contributed by atoms with E-state index < -0.39 is 23.5 Å². The molecule has 0 atom stereocenters. The number of benzene rings is 6. The zero-order valence-electron chi connectivity index (χ0n) is 28.5. The van der Waals surface area contributed by atoms with Crippen LogP contribution in [0.1, 0.15) is 38.9 Å². The summed E-state index contributed by atoms with van der Waals surface area (Å²) in [4.78, 5) is 0. The van der Waals surface area contributed by atoms with Crippen LogP contribution in [0.5, 0.6) is 0 Å². The summed E-state index contributed by atoms with van der Waals surface area (Å²) >= 11 is 0. The first kappa shape index (κ1) is 32.7. The summed E-state index contributed by atoms with van der Waals surface area (Å²) in [5.74, 6) is 0. The van der Waals surface area contributed by atoms with Crippen LogP contribution in [0.2, 0.25) is 0 Å². The van der Waals surface area contributed by atoms with E-state index in [0.29, 0.717) is 22.1 Å². The summed E-state index contributed by atoms with van der Waals surface area (Å²) in [6, 6.07) is 28.9. The molecule has 6 aromatic carbocycles. The molecule has 8 aromatic rings. The average Bonchev–Trinajstić information content (AvgIpc) is 3.54. The second kappa shape index (κ2) is 11.3. The lowest BCUT2D eigenvalue weighted by Crippen LogP contribution is -2.16. The van der Waals surface area contributed by atoms with Gasteiger partial charge in [0.05, 0.1) is 44.6 Å². The molecule has 0 amide bonds. The minimum Gasteiger partial charge on any atom is -0.307 e. The third-order valence-electron chi connectivity index (χ3n) is 9.88. The Hall–Kier alpha value is -5.50. The molecule has 8 rings (SSSR count). The van der Waals surface area contributed by atoms with Crippen LogP contribution in [-0.2, 0) is 12.4 Å². The smallest absolute Gasteiger partial charge is 0.307 e. The summed E-state index contributed by atoms with van der Waals surface area (Å²) < 4.78 is 94.6. The minimum absolute atomic E-state index is 0.115. The van der Waals surface area contributed by atoms with E-state index in [0.717, 1.165) is 55.9 Å². The van der Waals surface area contributed by atoms with Gasteiger partial charge in [0.15, 0.2) is 0 Å². The van der Waals surface area contributed by atoms with E-state index in [4.69, 9.17) is 0 Å². The highest BCUT2D eigenvalue weighted by atomic mass is 19.4. The lowest BCUT2D eigenvalue weighted by molar-refractivity contribution is -0.137. The van der Waals surface area contributed by atoms with Crippen LogP contribution in [0, 0.1) is 34.6 Å². The van der Waals surface area contributed by atoms with E-state index >= 15 is 13.2 Å². The molecule has 8 heteroatoms. The van der Waals surface area contributed by atoms with Crippen molar-refractivity contribution in [2.24, 2.45) is 0 Å². The molecule has 0 saturated heterocycles. The van der Waals surface area contributed by atoms with E-state index in [9.17, 15) is 13.2 Å². The molecule has 0 aliphatic carbocycles. The fourth-order valence-corrected chi connectivity index (χ4v) is 7.67. The molecular formula is C43H32F6N2. The molecule has 0 fully saturated rings. The lowest BCUT2D eigenvalue weighted by Gasteiger charge is -2.24. The molecule has 256 valence electrons. The van der Waals surface area contributed by atoms with Crippen molar-refractivity contribution >= 4 is 43.6 Å². The number of hydrogen-bond acceptors (Lipinski definition) is 0. The predicted molar refractivity (Wildman–Crippen MR) is 194 cm³/mol. The van der Waals surface area contributed by atoms with Gasteiger partial charge in [-0.1, -0.05) is 58.7 Å². The number of fused-ring (bicyclic) bond motifs is 6. The maximum absolute atomic E-state index is 15.8. The summed E-state index contributed by atoms with van der Waals surface area (Å²) in [5, 5.41) is 3.23. The first-order valence-corrected chi connectivity index (χ1v) is 16.6. The van der Waals surface area contributed by atoms with E-state index in [1.54, 1.807) is 9.13 Å². The highest BCUT2D eigenvalue weighted by Crippen LogP contribution is 2.48. The molecule has 0 radical (unpaired) electrons. The topological polar surface area (TPSA) is 9.86 Å². The Morgan fingerprint density at radius 3 is 1.25 bits per heavy atom. The third-order valence-corrected chi connectivity index (χ3v) is 9.88. The average molecular weight is 691 g/mol. The van der Waals surface area contributed by atoms with E-state index in [-0.39, 0.29) is 28.1 Å². The summed E-state index contributed by atoms with van der Waals surface area (Å²) in [6.07, 6.45) is -9.76. The van der Waals surface area contributed by atoms with Crippen molar-refractivity contribution in [3.05, 3.63) is 142 Å². The van der Waals surface area contributed by atoms with E-state index in [1.165, 1.54) is 25.1 Å². The van der Waals surface area contributed by atoms with Gasteiger partial charge in [0.1, 0.15) is 0 Å². The fraction of sp³-hybridized carbons (Fsp3) is 0.163. The molecule has 0 aliphatic heterocycles. The van der Waals surface area contributed by atoms with Crippen molar-refractivity contribution in [2.75, 3.05) is 0 Å². The van der Waals surface area contributed by atoms with Gasteiger partial charge >= 0.3 is 12.4 Å². The first-order valence-electron chi connectivity index (χ1n) is 16.6. The van der Waals surface area contributed by atoms with Gasteiger partial charge in [-0.15, -0.1) is 0 Å². The molecule has 0 spiro atoms. The maximum Gasteiger partial charge on any atom is 0.418 e. The molecule has 0 aliphatic rings. The van der Waals surface area contributed by atoms with Crippen molar-refractivity contribution < 1.29 is 26.3 Å². The normalized spacial score (nSPS) is 12.6. The molecule has 2 aromatic heterocycles. The second-order valence-corrected chi connectivity index (χ2v) is 13.6. The van der Waals surface area contributed by atoms with Gasteiger partial charge in [0.2, 0.25) is 0 Å². The van der Waals surface area contributed by atoms with Crippen molar-refractivity contribution in [3.8, 4) is 22.5 Å². The molecule has 0 saturated carbocycles. The van der Waals surface area contributed by atoms with E-state index in [1.807, 2.05) is 100 Å². The van der Waals surface area contributed by atoms with Crippen LogP contribution in [0.3, 0.4) is 0 Å². The van der Waals surface area contributed by atoms with Crippen LogP contribution in [0.25, 0.3) is 66.1 Å². The van der Waals surface area contributed by atoms with Gasteiger partial charge in [-0.3, -0.25) is 0 Å². The lowest BCUT2D eigenvalue weighted by atomic mass is 9.92. The summed E-state index contributed by atoms with van der Waals surface area (Å²) in [6.45, 7) is 9.26. The molecular weight excluding hydrogens is 658 g/mol. The third kappa shape index (κ3) is 5.19. The zero-order valence-corrected chi connectivity index (χ0v) is 28.5. The molecule has 2 heterocycles. The van der Waals surface area contributed by atoms with Gasteiger partial charge in [0.25, 0.3) is 0 Å². The monoisotopic (exact) mass is 690 g/mol. The van der Waals surface area contributed by atoms with Crippen molar-refractivity contribution in [1.82, 2.24) is 9.13 Å². The quantitative estimate of drug-likeness (QED) is 0.163.